The monoisotopic (exact) mass is 214 g/mol. The normalized spacial score (nSPS) is 20.4. The molecule has 0 aliphatic heterocycles. The molecule has 1 nitrogen and oxygen atoms in total. The highest BCUT2D eigenvalue weighted by atomic mass is 16.5. The van der Waals surface area contributed by atoms with Crippen LogP contribution in [0.15, 0.2) is 30.3 Å². The van der Waals surface area contributed by atoms with Gasteiger partial charge in [0.2, 0.25) is 0 Å². The molecule has 0 saturated carbocycles. The lowest BCUT2D eigenvalue weighted by Gasteiger charge is -2.13. The van der Waals surface area contributed by atoms with Gasteiger partial charge in [0, 0.05) is 6.42 Å². The summed E-state index contributed by atoms with van der Waals surface area (Å²) in [5, 5.41) is 0. The average Bonchev–Trinajstić information content (AvgIpc) is 2.29. The predicted molar refractivity (Wildman–Crippen MR) is 65.9 cm³/mol. The minimum atomic E-state index is 0.139. The van der Waals surface area contributed by atoms with E-state index in [1.807, 2.05) is 18.2 Å². The summed E-state index contributed by atoms with van der Waals surface area (Å²) >= 11 is 0. The van der Waals surface area contributed by atoms with Crippen LogP contribution in [0.3, 0.4) is 0 Å². The third-order valence-corrected chi connectivity index (χ3v) is 2.83. The van der Waals surface area contributed by atoms with E-state index >= 15 is 0 Å². The van der Waals surface area contributed by atoms with E-state index in [9.17, 15) is 0 Å². The molecule has 1 aromatic carbocycles. The first-order valence-corrected chi connectivity index (χ1v) is 6.09. The van der Waals surface area contributed by atoms with Gasteiger partial charge in [0.05, 0.1) is 6.61 Å². The molecule has 1 unspecified atom stereocenters. The highest BCUT2D eigenvalue weighted by Crippen LogP contribution is 2.12. The average molecular weight is 214 g/mol. The summed E-state index contributed by atoms with van der Waals surface area (Å²) in [6.45, 7) is 0.681. The third-order valence-electron chi connectivity index (χ3n) is 2.83. The minimum Gasteiger partial charge on any atom is -0.361 e. The molecule has 0 bridgehead atoms. The summed E-state index contributed by atoms with van der Waals surface area (Å²) in [6, 6.07) is 10.3. The zero-order valence-electron chi connectivity index (χ0n) is 9.61. The summed E-state index contributed by atoms with van der Waals surface area (Å²) in [5.41, 5.74) is 1.23. The van der Waals surface area contributed by atoms with Crippen molar-refractivity contribution in [2.75, 3.05) is 0 Å². The molecule has 1 aromatic rings. The van der Waals surface area contributed by atoms with Gasteiger partial charge in [-0.1, -0.05) is 42.7 Å². The van der Waals surface area contributed by atoms with E-state index in [4.69, 9.17) is 4.74 Å². The van der Waals surface area contributed by atoms with Gasteiger partial charge in [0.15, 0.2) is 0 Å². The van der Waals surface area contributed by atoms with Gasteiger partial charge >= 0.3 is 0 Å². The summed E-state index contributed by atoms with van der Waals surface area (Å²) in [5.74, 6) is 6.42. The smallest absolute Gasteiger partial charge is 0.118 e. The van der Waals surface area contributed by atoms with Crippen molar-refractivity contribution in [1.82, 2.24) is 0 Å². The first kappa shape index (κ1) is 11.2. The first-order chi connectivity index (χ1) is 7.95. The highest BCUT2D eigenvalue weighted by Gasteiger charge is 2.07. The van der Waals surface area contributed by atoms with Crippen LogP contribution in [-0.4, -0.2) is 6.10 Å². The van der Waals surface area contributed by atoms with Gasteiger partial charge in [0.25, 0.3) is 0 Å². The van der Waals surface area contributed by atoms with Crippen LogP contribution >= 0.6 is 0 Å². The Balaban J connectivity index is 1.84. The van der Waals surface area contributed by atoms with Gasteiger partial charge < -0.3 is 4.74 Å². The van der Waals surface area contributed by atoms with Crippen molar-refractivity contribution >= 4 is 0 Å². The van der Waals surface area contributed by atoms with Crippen molar-refractivity contribution in [3.8, 4) is 11.8 Å². The van der Waals surface area contributed by atoms with Crippen LogP contribution in [0.4, 0.5) is 0 Å². The lowest BCUT2D eigenvalue weighted by molar-refractivity contribution is 0.0704. The molecular weight excluding hydrogens is 196 g/mol. The molecule has 16 heavy (non-hydrogen) atoms. The Hall–Kier alpha value is -1.26. The maximum absolute atomic E-state index is 5.83. The van der Waals surface area contributed by atoms with Crippen LogP contribution in [0.2, 0.25) is 0 Å². The van der Waals surface area contributed by atoms with E-state index in [2.05, 4.69) is 24.0 Å². The van der Waals surface area contributed by atoms with Gasteiger partial charge in [-0.25, -0.2) is 0 Å². The van der Waals surface area contributed by atoms with E-state index in [0.717, 1.165) is 12.8 Å². The molecule has 1 aliphatic carbocycles. The summed E-state index contributed by atoms with van der Waals surface area (Å²) in [4.78, 5) is 0. The fraction of sp³-hybridized carbons (Fsp3) is 0.467. The zero-order valence-corrected chi connectivity index (χ0v) is 9.61. The largest absolute Gasteiger partial charge is 0.361 e. The SMILES string of the molecule is C1#CC(OCc2ccccc2)CCCCC1. The topological polar surface area (TPSA) is 9.23 Å². The van der Waals surface area contributed by atoms with Crippen molar-refractivity contribution in [2.45, 2.75) is 44.8 Å². The van der Waals surface area contributed by atoms with Crippen LogP contribution in [0.1, 0.15) is 37.7 Å². The molecule has 0 heterocycles. The molecule has 0 saturated heterocycles. The van der Waals surface area contributed by atoms with Crippen molar-refractivity contribution in [2.24, 2.45) is 0 Å². The second kappa shape index (κ2) is 6.35. The van der Waals surface area contributed by atoms with Crippen LogP contribution in [-0.2, 0) is 11.3 Å². The molecule has 0 N–H and O–H groups in total. The summed E-state index contributed by atoms with van der Waals surface area (Å²) in [7, 11) is 0. The Morgan fingerprint density at radius 2 is 2.00 bits per heavy atom. The molecular formula is C15H18O. The number of ether oxygens (including phenoxy) is 1. The van der Waals surface area contributed by atoms with E-state index in [1.54, 1.807) is 0 Å². The zero-order chi connectivity index (χ0) is 11.1. The lowest BCUT2D eigenvalue weighted by Crippen LogP contribution is -2.11. The number of hydrogen-bond acceptors (Lipinski definition) is 1. The Morgan fingerprint density at radius 3 is 2.88 bits per heavy atom. The van der Waals surface area contributed by atoms with Crippen LogP contribution in [0, 0.1) is 11.8 Å². The van der Waals surface area contributed by atoms with Crippen molar-refractivity contribution < 1.29 is 4.74 Å². The molecule has 0 amide bonds. The second-order valence-electron chi connectivity index (χ2n) is 4.21. The Kier molecular flexibility index (Phi) is 4.46. The van der Waals surface area contributed by atoms with Gasteiger partial charge in [-0.15, -0.1) is 5.92 Å². The molecule has 1 aliphatic rings. The third kappa shape index (κ3) is 3.72. The van der Waals surface area contributed by atoms with Crippen LogP contribution in [0.25, 0.3) is 0 Å². The van der Waals surface area contributed by atoms with Crippen molar-refractivity contribution in [3.63, 3.8) is 0 Å². The fourth-order valence-corrected chi connectivity index (χ4v) is 1.87. The van der Waals surface area contributed by atoms with Gasteiger partial charge in [-0.2, -0.15) is 0 Å². The number of rotatable bonds is 3. The van der Waals surface area contributed by atoms with E-state index in [-0.39, 0.29) is 6.10 Å². The fourth-order valence-electron chi connectivity index (χ4n) is 1.87. The molecule has 1 heteroatoms. The predicted octanol–water partition coefficient (Wildman–Crippen LogP) is 3.54. The quantitative estimate of drug-likeness (QED) is 0.699. The maximum Gasteiger partial charge on any atom is 0.118 e. The van der Waals surface area contributed by atoms with E-state index in [1.165, 1.54) is 24.8 Å². The van der Waals surface area contributed by atoms with Crippen molar-refractivity contribution in [3.05, 3.63) is 35.9 Å². The molecule has 84 valence electrons. The molecule has 1 atom stereocenters. The molecule has 0 spiro atoms. The van der Waals surface area contributed by atoms with E-state index in [0.29, 0.717) is 6.61 Å². The van der Waals surface area contributed by atoms with Gasteiger partial charge in [0.1, 0.15) is 6.10 Å². The summed E-state index contributed by atoms with van der Waals surface area (Å²) < 4.78 is 5.83. The van der Waals surface area contributed by atoms with E-state index < -0.39 is 0 Å². The summed E-state index contributed by atoms with van der Waals surface area (Å²) in [6.07, 6.45) is 6.04. The standard InChI is InChI=1S/C15H18O/c1-2-7-11-15(12-8-3-1)16-13-14-9-5-4-6-10-14/h4-6,9-10,15H,1-3,7,11,13H2. The number of hydrogen-bond donors (Lipinski definition) is 0. The van der Waals surface area contributed by atoms with Gasteiger partial charge in [-0.3, -0.25) is 0 Å². The minimum absolute atomic E-state index is 0.139. The highest BCUT2D eigenvalue weighted by molar-refractivity contribution is 5.14. The lowest BCUT2D eigenvalue weighted by atomic mass is 10.1. The Bertz CT molecular complexity index is 358. The van der Waals surface area contributed by atoms with Crippen LogP contribution < -0.4 is 0 Å². The molecule has 0 fully saturated rings. The molecule has 0 radical (unpaired) electrons. The molecule has 2 rings (SSSR count). The first-order valence-electron chi connectivity index (χ1n) is 6.09. The maximum atomic E-state index is 5.83. The van der Waals surface area contributed by atoms with Crippen molar-refractivity contribution in [1.29, 1.82) is 0 Å². The van der Waals surface area contributed by atoms with Crippen LogP contribution in [0.5, 0.6) is 0 Å². The second-order valence-corrected chi connectivity index (χ2v) is 4.21. The molecule has 0 aromatic heterocycles. The Labute approximate surface area is 97.8 Å². The number of benzene rings is 1. The Morgan fingerprint density at radius 1 is 1.12 bits per heavy atom. The van der Waals surface area contributed by atoms with Gasteiger partial charge in [-0.05, 0) is 24.8 Å².